The predicted molar refractivity (Wildman–Crippen MR) is 112 cm³/mol. The molecule has 0 radical (unpaired) electrons. The fourth-order valence-corrected chi connectivity index (χ4v) is 3.05. The third-order valence-corrected chi connectivity index (χ3v) is 4.60. The average molecular weight is 401 g/mol. The second kappa shape index (κ2) is 8.48. The summed E-state index contributed by atoms with van der Waals surface area (Å²) >= 11 is 0. The quantitative estimate of drug-likeness (QED) is 0.430. The number of nitrogens with one attached hydrogen (secondary N) is 2. The summed E-state index contributed by atoms with van der Waals surface area (Å²) < 4.78 is 5.47. The van der Waals surface area contributed by atoms with Crippen molar-refractivity contribution in [3.05, 3.63) is 83.9 Å². The Morgan fingerprint density at radius 2 is 1.47 bits per heavy atom. The van der Waals surface area contributed by atoms with Gasteiger partial charge in [0.15, 0.2) is 5.76 Å². The van der Waals surface area contributed by atoms with Crippen LogP contribution in [-0.2, 0) is 0 Å². The minimum absolute atomic E-state index is 0.0963. The lowest BCUT2D eigenvalue weighted by atomic mass is 10.1. The number of amides is 2. The summed E-state index contributed by atoms with van der Waals surface area (Å²) in [5.74, 6) is 0.180. The predicted octanol–water partition coefficient (Wildman–Crippen LogP) is 3.36. The van der Waals surface area contributed by atoms with Gasteiger partial charge in [-0.3, -0.25) is 9.59 Å². The van der Waals surface area contributed by atoms with Crippen LogP contribution in [0.3, 0.4) is 0 Å². The molecule has 2 amide bonds. The van der Waals surface area contributed by atoms with E-state index in [1.54, 1.807) is 18.2 Å². The molecular formula is C23H19N3O4. The fraction of sp³-hybridized carbons (Fsp3) is 0.0870. The van der Waals surface area contributed by atoms with E-state index in [2.05, 4.69) is 15.8 Å². The largest absolute Gasteiger partial charge is 0.508 e. The van der Waals surface area contributed by atoms with Gasteiger partial charge in [-0.2, -0.15) is 0 Å². The molecule has 4 aromatic rings. The van der Waals surface area contributed by atoms with Crippen molar-refractivity contribution in [2.45, 2.75) is 0 Å². The maximum atomic E-state index is 12.5. The number of aromatic nitrogens is 1. The number of hydrogen-bond acceptors (Lipinski definition) is 5. The van der Waals surface area contributed by atoms with Crippen LogP contribution in [0.15, 0.2) is 77.3 Å². The third-order valence-electron chi connectivity index (χ3n) is 4.60. The minimum atomic E-state index is -0.275. The molecule has 7 nitrogen and oxygen atoms in total. The smallest absolute Gasteiger partial charge is 0.251 e. The summed E-state index contributed by atoms with van der Waals surface area (Å²) in [6.07, 6.45) is 0. The number of carbonyl (C=O) groups excluding carboxylic acids is 2. The van der Waals surface area contributed by atoms with Crippen LogP contribution in [0.2, 0.25) is 0 Å². The van der Waals surface area contributed by atoms with Gasteiger partial charge in [-0.25, -0.2) is 0 Å². The fourth-order valence-electron chi connectivity index (χ4n) is 3.05. The summed E-state index contributed by atoms with van der Waals surface area (Å²) in [7, 11) is 0. The van der Waals surface area contributed by atoms with Crippen molar-refractivity contribution < 1.29 is 19.2 Å². The van der Waals surface area contributed by atoms with Gasteiger partial charge in [0.25, 0.3) is 11.8 Å². The molecule has 0 unspecified atom stereocenters. The van der Waals surface area contributed by atoms with Crippen LogP contribution < -0.4 is 10.6 Å². The number of fused-ring (bicyclic) bond motifs is 1. The van der Waals surface area contributed by atoms with E-state index in [-0.39, 0.29) is 30.7 Å². The summed E-state index contributed by atoms with van der Waals surface area (Å²) in [5.41, 5.74) is 2.47. The van der Waals surface area contributed by atoms with Crippen LogP contribution in [0.5, 0.6) is 5.75 Å². The molecular weight excluding hydrogens is 382 g/mol. The average Bonchev–Trinajstić information content (AvgIpc) is 3.21. The highest BCUT2D eigenvalue weighted by Crippen LogP contribution is 2.29. The van der Waals surface area contributed by atoms with E-state index in [0.29, 0.717) is 22.4 Å². The van der Waals surface area contributed by atoms with Crippen LogP contribution in [0.1, 0.15) is 20.7 Å². The lowest BCUT2D eigenvalue weighted by Gasteiger charge is -2.07. The number of nitrogens with zero attached hydrogens (tertiary/aromatic N) is 1. The zero-order chi connectivity index (χ0) is 20.9. The normalized spacial score (nSPS) is 10.7. The highest BCUT2D eigenvalue weighted by molar-refractivity contribution is 6.01. The molecule has 1 heterocycles. The molecule has 0 fully saturated rings. The minimum Gasteiger partial charge on any atom is -0.508 e. The molecule has 3 N–H and O–H groups in total. The Bertz CT molecular complexity index is 1180. The first-order valence-electron chi connectivity index (χ1n) is 9.42. The molecule has 0 aliphatic rings. The summed E-state index contributed by atoms with van der Waals surface area (Å²) in [6.45, 7) is 0.548. The van der Waals surface area contributed by atoms with E-state index in [9.17, 15) is 14.7 Å². The Balaban J connectivity index is 1.37. The van der Waals surface area contributed by atoms with Crippen LogP contribution in [0.25, 0.3) is 22.2 Å². The van der Waals surface area contributed by atoms with Gasteiger partial charge in [-0.1, -0.05) is 35.5 Å². The number of benzene rings is 3. The summed E-state index contributed by atoms with van der Waals surface area (Å²) in [4.78, 5) is 24.5. The van der Waals surface area contributed by atoms with Crippen molar-refractivity contribution in [2.24, 2.45) is 0 Å². The van der Waals surface area contributed by atoms with Gasteiger partial charge in [0.2, 0.25) is 0 Å². The van der Waals surface area contributed by atoms with Crippen LogP contribution in [-0.4, -0.2) is 35.2 Å². The molecule has 1 aromatic heterocycles. The molecule has 0 spiro atoms. The van der Waals surface area contributed by atoms with Crippen LogP contribution in [0.4, 0.5) is 0 Å². The van der Waals surface area contributed by atoms with E-state index in [0.717, 1.165) is 10.9 Å². The number of carbonyl (C=O) groups is 2. The Kier molecular flexibility index (Phi) is 5.43. The summed E-state index contributed by atoms with van der Waals surface area (Å²) in [6, 6.07) is 20.7. The zero-order valence-corrected chi connectivity index (χ0v) is 16.0. The number of aromatic hydroxyl groups is 1. The number of hydrogen-bond donors (Lipinski definition) is 3. The molecule has 30 heavy (non-hydrogen) atoms. The Morgan fingerprint density at radius 3 is 2.17 bits per heavy atom. The maximum Gasteiger partial charge on any atom is 0.251 e. The standard InChI is InChI=1S/C23H19N3O4/c27-18-9-6-16(7-10-18)22(28)24-12-13-25-23(29)17-8-11-20-19(14-17)21(30-26-20)15-4-2-1-3-5-15/h1-11,14,27H,12-13H2,(H,24,28)(H,25,29). The molecule has 0 saturated heterocycles. The third kappa shape index (κ3) is 4.15. The van der Waals surface area contributed by atoms with Crippen molar-refractivity contribution in [1.29, 1.82) is 0 Å². The molecule has 0 bridgehead atoms. The van der Waals surface area contributed by atoms with Gasteiger partial charge in [0, 0.05) is 29.8 Å². The second-order valence-corrected chi connectivity index (χ2v) is 6.67. The van der Waals surface area contributed by atoms with Gasteiger partial charge >= 0.3 is 0 Å². The van der Waals surface area contributed by atoms with Crippen molar-refractivity contribution in [3.63, 3.8) is 0 Å². The summed E-state index contributed by atoms with van der Waals surface area (Å²) in [5, 5.41) is 19.6. The highest BCUT2D eigenvalue weighted by atomic mass is 16.5. The number of phenolic OH excluding ortho intramolecular Hbond substituents is 1. The van der Waals surface area contributed by atoms with Gasteiger partial charge in [-0.05, 0) is 42.5 Å². The number of rotatable bonds is 6. The molecule has 0 atom stereocenters. The molecule has 0 aliphatic heterocycles. The van der Waals surface area contributed by atoms with Crippen molar-refractivity contribution in [3.8, 4) is 17.1 Å². The van der Waals surface area contributed by atoms with E-state index >= 15 is 0 Å². The Morgan fingerprint density at radius 1 is 0.833 bits per heavy atom. The van der Waals surface area contributed by atoms with Crippen molar-refractivity contribution in [2.75, 3.05) is 13.1 Å². The van der Waals surface area contributed by atoms with Gasteiger partial charge in [0.05, 0.1) is 5.39 Å². The first-order chi connectivity index (χ1) is 14.6. The zero-order valence-electron chi connectivity index (χ0n) is 16.0. The topological polar surface area (TPSA) is 104 Å². The Hall–Kier alpha value is -4.13. The van der Waals surface area contributed by atoms with E-state index in [1.807, 2.05) is 30.3 Å². The van der Waals surface area contributed by atoms with Gasteiger partial charge in [0.1, 0.15) is 11.3 Å². The number of phenols is 1. The van der Waals surface area contributed by atoms with E-state index in [1.165, 1.54) is 24.3 Å². The molecule has 4 rings (SSSR count). The lowest BCUT2D eigenvalue weighted by Crippen LogP contribution is -2.34. The molecule has 0 aliphatic carbocycles. The Labute approximate surface area is 172 Å². The maximum absolute atomic E-state index is 12.5. The SMILES string of the molecule is O=C(NCCNC(=O)c1ccc2noc(-c3ccccc3)c2c1)c1ccc(O)cc1. The van der Waals surface area contributed by atoms with Crippen molar-refractivity contribution >= 4 is 22.7 Å². The second-order valence-electron chi connectivity index (χ2n) is 6.67. The lowest BCUT2D eigenvalue weighted by molar-refractivity contribution is 0.0927. The van der Waals surface area contributed by atoms with E-state index in [4.69, 9.17) is 4.52 Å². The van der Waals surface area contributed by atoms with Crippen LogP contribution in [0, 0.1) is 0 Å². The highest BCUT2D eigenvalue weighted by Gasteiger charge is 2.14. The molecule has 3 aromatic carbocycles. The van der Waals surface area contributed by atoms with Gasteiger partial charge in [-0.15, -0.1) is 0 Å². The first-order valence-corrected chi connectivity index (χ1v) is 9.42. The first kappa shape index (κ1) is 19.2. The van der Waals surface area contributed by atoms with E-state index < -0.39 is 0 Å². The molecule has 7 heteroatoms. The van der Waals surface area contributed by atoms with Crippen LogP contribution >= 0.6 is 0 Å². The monoisotopic (exact) mass is 401 g/mol. The van der Waals surface area contributed by atoms with Gasteiger partial charge < -0.3 is 20.3 Å². The molecule has 0 saturated carbocycles. The molecule has 150 valence electrons. The van der Waals surface area contributed by atoms with Crippen molar-refractivity contribution in [1.82, 2.24) is 15.8 Å².